The van der Waals surface area contributed by atoms with Crippen molar-refractivity contribution < 1.29 is 4.79 Å². The molecule has 0 amide bonds. The SMILES string of the molecule is Cc1ccc(C(=O)Cn2nccc2C)s1. The van der Waals surface area contributed by atoms with E-state index in [4.69, 9.17) is 0 Å². The first kappa shape index (κ1) is 10.1. The average molecular weight is 220 g/mol. The van der Waals surface area contributed by atoms with Gasteiger partial charge in [0.2, 0.25) is 0 Å². The van der Waals surface area contributed by atoms with Crippen LogP contribution in [-0.2, 0) is 6.54 Å². The van der Waals surface area contributed by atoms with Crippen molar-refractivity contribution in [1.29, 1.82) is 0 Å². The first-order valence-corrected chi connectivity index (χ1v) is 5.56. The van der Waals surface area contributed by atoms with E-state index >= 15 is 0 Å². The summed E-state index contributed by atoms with van der Waals surface area (Å²) in [4.78, 5) is 13.8. The molecular weight excluding hydrogens is 208 g/mol. The first-order chi connectivity index (χ1) is 7.16. The van der Waals surface area contributed by atoms with E-state index in [0.29, 0.717) is 6.54 Å². The standard InChI is InChI=1S/C11H12N2OS/c1-8-5-6-12-13(8)7-10(14)11-4-3-9(2)15-11/h3-6H,7H2,1-2H3. The highest BCUT2D eigenvalue weighted by molar-refractivity contribution is 7.14. The fourth-order valence-corrected chi connectivity index (χ4v) is 2.16. The molecule has 0 N–H and O–H groups in total. The summed E-state index contributed by atoms with van der Waals surface area (Å²) in [5, 5.41) is 4.09. The van der Waals surface area contributed by atoms with Crippen LogP contribution in [-0.4, -0.2) is 15.6 Å². The van der Waals surface area contributed by atoms with Gasteiger partial charge in [-0.1, -0.05) is 0 Å². The second kappa shape index (κ2) is 3.98. The Kier molecular flexibility index (Phi) is 2.68. The Morgan fingerprint density at radius 1 is 1.40 bits per heavy atom. The molecule has 0 aliphatic heterocycles. The van der Waals surface area contributed by atoms with E-state index in [2.05, 4.69) is 5.10 Å². The molecule has 0 fully saturated rings. The van der Waals surface area contributed by atoms with Crippen molar-refractivity contribution in [1.82, 2.24) is 9.78 Å². The minimum atomic E-state index is 0.125. The normalized spacial score (nSPS) is 10.5. The molecule has 4 heteroatoms. The zero-order valence-electron chi connectivity index (χ0n) is 8.73. The Labute approximate surface area is 92.4 Å². The molecule has 15 heavy (non-hydrogen) atoms. The molecule has 0 spiro atoms. The second-order valence-corrected chi connectivity index (χ2v) is 4.75. The minimum absolute atomic E-state index is 0.125. The number of rotatable bonds is 3. The number of Topliss-reactive ketones (excluding diaryl/α,β-unsaturated/α-hetero) is 1. The Balaban J connectivity index is 2.14. The van der Waals surface area contributed by atoms with Gasteiger partial charge in [0.25, 0.3) is 0 Å². The van der Waals surface area contributed by atoms with Crippen LogP contribution in [0.1, 0.15) is 20.2 Å². The fourth-order valence-electron chi connectivity index (χ4n) is 1.36. The van der Waals surface area contributed by atoms with Crippen molar-refractivity contribution in [2.45, 2.75) is 20.4 Å². The van der Waals surface area contributed by atoms with E-state index in [-0.39, 0.29) is 5.78 Å². The van der Waals surface area contributed by atoms with Crippen LogP contribution in [0.2, 0.25) is 0 Å². The molecule has 0 aliphatic rings. The maximum absolute atomic E-state index is 11.8. The van der Waals surface area contributed by atoms with E-state index in [1.54, 1.807) is 10.9 Å². The highest BCUT2D eigenvalue weighted by atomic mass is 32.1. The zero-order valence-corrected chi connectivity index (χ0v) is 9.54. The van der Waals surface area contributed by atoms with Crippen LogP contribution < -0.4 is 0 Å². The van der Waals surface area contributed by atoms with E-state index in [0.717, 1.165) is 15.4 Å². The summed E-state index contributed by atoms with van der Waals surface area (Å²) in [5.41, 5.74) is 1.01. The molecule has 2 aromatic heterocycles. The first-order valence-electron chi connectivity index (χ1n) is 4.75. The van der Waals surface area contributed by atoms with Gasteiger partial charge in [0.15, 0.2) is 5.78 Å². The summed E-state index contributed by atoms with van der Waals surface area (Å²) in [5.74, 6) is 0.125. The highest BCUT2D eigenvalue weighted by Gasteiger charge is 2.10. The fraction of sp³-hybridized carbons (Fsp3) is 0.273. The number of ketones is 1. The molecule has 2 rings (SSSR count). The summed E-state index contributed by atoms with van der Waals surface area (Å²) >= 11 is 1.53. The third-order valence-corrected chi connectivity index (χ3v) is 3.28. The van der Waals surface area contributed by atoms with Gasteiger partial charge in [-0.05, 0) is 32.0 Å². The Bertz CT molecular complexity index is 484. The average Bonchev–Trinajstić information content (AvgIpc) is 2.77. The van der Waals surface area contributed by atoms with Crippen LogP contribution in [0.4, 0.5) is 0 Å². The third kappa shape index (κ3) is 2.15. The van der Waals surface area contributed by atoms with E-state index in [1.165, 1.54) is 11.3 Å². The van der Waals surface area contributed by atoms with Crippen molar-refractivity contribution in [3.05, 3.63) is 39.8 Å². The monoisotopic (exact) mass is 220 g/mol. The van der Waals surface area contributed by atoms with Gasteiger partial charge in [-0.25, -0.2) is 0 Å². The number of nitrogens with zero attached hydrogens (tertiary/aromatic N) is 2. The molecule has 0 bridgehead atoms. The van der Waals surface area contributed by atoms with Crippen molar-refractivity contribution in [2.24, 2.45) is 0 Å². The molecule has 0 radical (unpaired) electrons. The number of carbonyl (C=O) groups excluding carboxylic acids is 1. The quantitative estimate of drug-likeness (QED) is 0.745. The smallest absolute Gasteiger partial charge is 0.194 e. The molecule has 0 aromatic carbocycles. The van der Waals surface area contributed by atoms with E-state index < -0.39 is 0 Å². The largest absolute Gasteiger partial charge is 0.291 e. The van der Waals surface area contributed by atoms with Crippen molar-refractivity contribution in [3.63, 3.8) is 0 Å². The second-order valence-electron chi connectivity index (χ2n) is 3.46. The molecule has 2 heterocycles. The molecule has 0 saturated heterocycles. The van der Waals surface area contributed by atoms with Crippen molar-refractivity contribution in [3.8, 4) is 0 Å². The number of hydrogen-bond acceptors (Lipinski definition) is 3. The lowest BCUT2D eigenvalue weighted by Crippen LogP contribution is -2.11. The molecule has 78 valence electrons. The Morgan fingerprint density at radius 2 is 2.20 bits per heavy atom. The van der Waals surface area contributed by atoms with Crippen LogP contribution in [0.25, 0.3) is 0 Å². The van der Waals surface area contributed by atoms with Crippen LogP contribution in [0, 0.1) is 13.8 Å². The number of hydrogen-bond donors (Lipinski definition) is 0. The molecule has 0 saturated carbocycles. The lowest BCUT2D eigenvalue weighted by molar-refractivity contribution is 0.0971. The van der Waals surface area contributed by atoms with Crippen LogP contribution in [0.3, 0.4) is 0 Å². The minimum Gasteiger partial charge on any atom is -0.291 e. The summed E-state index contributed by atoms with van der Waals surface area (Å²) in [7, 11) is 0. The number of aryl methyl sites for hydroxylation is 2. The van der Waals surface area contributed by atoms with Gasteiger partial charge in [0.05, 0.1) is 4.88 Å². The van der Waals surface area contributed by atoms with Crippen molar-refractivity contribution in [2.75, 3.05) is 0 Å². The molecule has 2 aromatic rings. The zero-order chi connectivity index (χ0) is 10.8. The topological polar surface area (TPSA) is 34.9 Å². The van der Waals surface area contributed by atoms with Gasteiger partial charge in [-0.3, -0.25) is 9.48 Å². The Morgan fingerprint density at radius 3 is 2.73 bits per heavy atom. The maximum atomic E-state index is 11.8. The third-order valence-electron chi connectivity index (χ3n) is 2.24. The maximum Gasteiger partial charge on any atom is 0.194 e. The van der Waals surface area contributed by atoms with Crippen molar-refractivity contribution >= 4 is 17.1 Å². The van der Waals surface area contributed by atoms with Crippen LogP contribution >= 0.6 is 11.3 Å². The molecule has 0 unspecified atom stereocenters. The van der Waals surface area contributed by atoms with Gasteiger partial charge in [0.1, 0.15) is 6.54 Å². The van der Waals surface area contributed by atoms with Crippen LogP contribution in [0.15, 0.2) is 24.4 Å². The Hall–Kier alpha value is -1.42. The molecule has 3 nitrogen and oxygen atoms in total. The molecule has 0 atom stereocenters. The lowest BCUT2D eigenvalue weighted by Gasteiger charge is -2.01. The lowest BCUT2D eigenvalue weighted by atomic mass is 10.3. The van der Waals surface area contributed by atoms with Gasteiger partial charge < -0.3 is 0 Å². The summed E-state index contributed by atoms with van der Waals surface area (Å²) in [6.07, 6.45) is 1.71. The van der Waals surface area contributed by atoms with Gasteiger partial charge in [0, 0.05) is 16.8 Å². The number of aromatic nitrogens is 2. The van der Waals surface area contributed by atoms with E-state index in [1.807, 2.05) is 32.0 Å². The summed E-state index contributed by atoms with van der Waals surface area (Å²) in [6, 6.07) is 5.74. The number of carbonyl (C=O) groups is 1. The van der Waals surface area contributed by atoms with Gasteiger partial charge >= 0.3 is 0 Å². The highest BCUT2D eigenvalue weighted by Crippen LogP contribution is 2.16. The molecule has 0 aliphatic carbocycles. The summed E-state index contributed by atoms with van der Waals surface area (Å²) in [6.45, 7) is 4.28. The van der Waals surface area contributed by atoms with Gasteiger partial charge in [-0.2, -0.15) is 5.10 Å². The predicted molar refractivity (Wildman–Crippen MR) is 60.4 cm³/mol. The molecular formula is C11H12N2OS. The van der Waals surface area contributed by atoms with E-state index in [9.17, 15) is 4.79 Å². The number of thiophene rings is 1. The van der Waals surface area contributed by atoms with Gasteiger partial charge in [-0.15, -0.1) is 11.3 Å². The predicted octanol–water partition coefficient (Wildman–Crippen LogP) is 2.44. The van der Waals surface area contributed by atoms with Crippen LogP contribution in [0.5, 0.6) is 0 Å². The summed E-state index contributed by atoms with van der Waals surface area (Å²) < 4.78 is 1.72.